The first-order chi connectivity index (χ1) is 30.0. The van der Waals surface area contributed by atoms with Gasteiger partial charge in [0.15, 0.2) is 0 Å². The van der Waals surface area contributed by atoms with Gasteiger partial charge in [0.05, 0.1) is 0 Å². The quantitative estimate of drug-likeness (QED) is 0.143. The van der Waals surface area contributed by atoms with Crippen molar-refractivity contribution in [2.45, 2.75) is 199 Å². The van der Waals surface area contributed by atoms with Crippen molar-refractivity contribution in [2.75, 3.05) is 0 Å². The van der Waals surface area contributed by atoms with Crippen LogP contribution >= 0.6 is 0 Å². The largest absolute Gasteiger partial charge is 0.0617 e. The molecule has 6 aromatic carbocycles. The van der Waals surface area contributed by atoms with Crippen LogP contribution in [0.15, 0.2) is 146 Å². The smallest absolute Gasteiger partial charge is 0.0132 e. The van der Waals surface area contributed by atoms with E-state index in [9.17, 15) is 0 Å². The summed E-state index contributed by atoms with van der Waals surface area (Å²) in [7, 11) is 0. The Labute approximate surface area is 409 Å². The van der Waals surface area contributed by atoms with E-state index in [1.807, 2.05) is 0 Å². The summed E-state index contributed by atoms with van der Waals surface area (Å²) in [6, 6.07) is 52.3. The van der Waals surface area contributed by atoms with E-state index in [-0.39, 0.29) is 32.5 Å². The van der Waals surface area contributed by atoms with Crippen molar-refractivity contribution in [1.29, 1.82) is 0 Å². The first-order valence-electron chi connectivity index (χ1n) is 24.4. The lowest BCUT2D eigenvalue weighted by molar-refractivity contribution is 0.589. The third-order valence-electron chi connectivity index (χ3n) is 11.4. The zero-order valence-electron chi connectivity index (χ0n) is 46.9. The summed E-state index contributed by atoms with van der Waals surface area (Å²) in [6.07, 6.45) is 0. The Bertz CT molecular complexity index is 1990. The average molecular weight is 889 g/mol. The monoisotopic (exact) mass is 889 g/mol. The molecule has 0 saturated heterocycles. The molecule has 0 unspecified atom stereocenters. The van der Waals surface area contributed by atoms with Crippen molar-refractivity contribution < 1.29 is 0 Å². The van der Waals surface area contributed by atoms with E-state index in [0.717, 1.165) is 0 Å². The van der Waals surface area contributed by atoms with Gasteiger partial charge in [0.1, 0.15) is 0 Å². The van der Waals surface area contributed by atoms with E-state index in [0.29, 0.717) is 0 Å². The minimum absolute atomic E-state index is 0.284. The normalized spacial score (nSPS) is 11.6. The summed E-state index contributed by atoms with van der Waals surface area (Å²) in [5.74, 6) is 0. The molecule has 0 aliphatic carbocycles. The molecule has 0 amide bonds. The minimum Gasteiger partial charge on any atom is -0.0617 e. The second kappa shape index (κ2) is 25.5. The molecule has 0 spiro atoms. The first kappa shape index (κ1) is 59.3. The van der Waals surface area contributed by atoms with Crippen molar-refractivity contribution in [1.82, 2.24) is 0 Å². The molecule has 0 saturated carbocycles. The Morgan fingerprint density at radius 3 is 0.470 bits per heavy atom. The van der Waals surface area contributed by atoms with Gasteiger partial charge in [-0.15, -0.1) is 0 Å². The maximum Gasteiger partial charge on any atom is -0.0132 e. The molecule has 0 bridgehead atoms. The maximum atomic E-state index is 2.25. The minimum atomic E-state index is 0.284. The molecule has 66 heavy (non-hydrogen) atoms. The summed E-state index contributed by atoms with van der Waals surface area (Å²) in [6.45, 7) is 53.0. The molecule has 6 rings (SSSR count). The Morgan fingerprint density at radius 2 is 0.348 bits per heavy atom. The van der Waals surface area contributed by atoms with E-state index in [1.165, 1.54) is 66.8 Å². The summed E-state index contributed by atoms with van der Waals surface area (Å²) in [5.41, 5.74) is 18.2. The van der Waals surface area contributed by atoms with Gasteiger partial charge in [-0.1, -0.05) is 304 Å². The lowest BCUT2D eigenvalue weighted by atomic mass is 9.86. The fraction of sp³-hybridized carbons (Fsp3) is 0.455. The molecule has 0 heterocycles. The topological polar surface area (TPSA) is 0 Å². The highest BCUT2D eigenvalue weighted by molar-refractivity contribution is 5.31. The van der Waals surface area contributed by atoms with Crippen LogP contribution in [0.4, 0.5) is 0 Å². The van der Waals surface area contributed by atoms with Gasteiger partial charge >= 0.3 is 0 Å². The molecule has 0 nitrogen and oxygen atoms in total. The Hall–Kier alpha value is -4.68. The van der Waals surface area contributed by atoms with Gasteiger partial charge in [-0.2, -0.15) is 0 Å². The second-order valence-electron chi connectivity index (χ2n) is 24.7. The highest BCUT2D eigenvalue weighted by Gasteiger charge is 2.16. The lowest BCUT2D eigenvalue weighted by Crippen LogP contribution is -2.10. The maximum absolute atomic E-state index is 2.25. The molecule has 0 atom stereocenters. The first-order valence-corrected chi connectivity index (χ1v) is 24.4. The van der Waals surface area contributed by atoms with Gasteiger partial charge in [-0.3, -0.25) is 0 Å². The standard InChI is InChI=1S/6C11H16/c3*1-9-5-7-10(8-6-9)11(2,3)4;3*1-9-6-5-7-10(8-9)11(2,3)4/h6*5-8H,1-4H3. The SMILES string of the molecule is Cc1ccc(C(C)(C)C)cc1.Cc1ccc(C(C)(C)C)cc1.Cc1ccc(C(C)(C)C)cc1.Cc1cccc(C(C)(C)C)c1.Cc1cccc(C(C)(C)C)c1.Cc1cccc(C(C)(C)C)c1. The molecule has 0 aliphatic heterocycles. The Morgan fingerprint density at radius 1 is 0.182 bits per heavy atom. The zero-order chi connectivity index (χ0) is 50.9. The predicted molar refractivity (Wildman–Crippen MR) is 299 cm³/mol. The number of hydrogen-bond acceptors (Lipinski definition) is 0. The molecule has 6 aromatic rings. The fourth-order valence-corrected chi connectivity index (χ4v) is 6.50. The number of aryl methyl sites for hydroxylation is 6. The predicted octanol–water partition coefficient (Wildman–Crippen LogP) is 19.8. The van der Waals surface area contributed by atoms with Crippen molar-refractivity contribution >= 4 is 0 Å². The van der Waals surface area contributed by atoms with Crippen LogP contribution in [0.2, 0.25) is 0 Å². The van der Waals surface area contributed by atoms with Crippen LogP contribution in [0.1, 0.15) is 191 Å². The van der Waals surface area contributed by atoms with Crippen LogP contribution in [0.3, 0.4) is 0 Å². The van der Waals surface area contributed by atoms with Crippen LogP contribution in [0.5, 0.6) is 0 Å². The van der Waals surface area contributed by atoms with E-state index in [2.05, 4.69) is 312 Å². The van der Waals surface area contributed by atoms with Crippen LogP contribution in [-0.2, 0) is 32.5 Å². The fourth-order valence-electron chi connectivity index (χ4n) is 6.50. The van der Waals surface area contributed by atoms with Gasteiger partial charge < -0.3 is 0 Å². The van der Waals surface area contributed by atoms with E-state index in [4.69, 9.17) is 0 Å². The molecule has 0 radical (unpaired) electrons. The Balaban J connectivity index is 0.000000396. The number of rotatable bonds is 0. The molecule has 0 aliphatic rings. The second-order valence-corrected chi connectivity index (χ2v) is 24.7. The number of hydrogen-bond donors (Lipinski definition) is 0. The molecule has 0 heteroatoms. The van der Waals surface area contributed by atoms with Gasteiger partial charge in [0.2, 0.25) is 0 Å². The molecule has 0 fully saturated rings. The van der Waals surface area contributed by atoms with Crippen LogP contribution in [0, 0.1) is 41.5 Å². The lowest BCUT2D eigenvalue weighted by Gasteiger charge is -2.19. The van der Waals surface area contributed by atoms with Crippen molar-refractivity contribution in [3.05, 3.63) is 212 Å². The van der Waals surface area contributed by atoms with Crippen molar-refractivity contribution in [3.8, 4) is 0 Å². The molecule has 360 valence electrons. The molecule has 0 N–H and O–H groups in total. The van der Waals surface area contributed by atoms with E-state index >= 15 is 0 Å². The Kier molecular flexibility index (Phi) is 22.9. The van der Waals surface area contributed by atoms with Gasteiger partial charge in [0.25, 0.3) is 0 Å². The molecular formula is C66H96. The van der Waals surface area contributed by atoms with Gasteiger partial charge in [-0.05, 0) is 107 Å². The molecular weight excluding hydrogens is 793 g/mol. The third-order valence-corrected chi connectivity index (χ3v) is 11.4. The summed E-state index contributed by atoms with van der Waals surface area (Å²) < 4.78 is 0. The van der Waals surface area contributed by atoms with Gasteiger partial charge in [0, 0.05) is 0 Å². The summed E-state index contributed by atoms with van der Waals surface area (Å²) in [5, 5.41) is 0. The van der Waals surface area contributed by atoms with E-state index < -0.39 is 0 Å². The highest BCUT2D eigenvalue weighted by Crippen LogP contribution is 2.26. The highest BCUT2D eigenvalue weighted by atomic mass is 14.2. The van der Waals surface area contributed by atoms with Crippen molar-refractivity contribution in [2.24, 2.45) is 0 Å². The number of benzene rings is 6. The average Bonchev–Trinajstić information content (AvgIpc) is 3.18. The summed E-state index contributed by atoms with van der Waals surface area (Å²) in [4.78, 5) is 0. The zero-order valence-corrected chi connectivity index (χ0v) is 46.9. The van der Waals surface area contributed by atoms with E-state index in [1.54, 1.807) is 0 Å². The summed E-state index contributed by atoms with van der Waals surface area (Å²) >= 11 is 0. The molecule has 0 aromatic heterocycles. The van der Waals surface area contributed by atoms with Crippen LogP contribution < -0.4 is 0 Å². The van der Waals surface area contributed by atoms with Gasteiger partial charge in [-0.25, -0.2) is 0 Å². The van der Waals surface area contributed by atoms with Crippen LogP contribution in [-0.4, -0.2) is 0 Å². The van der Waals surface area contributed by atoms with Crippen LogP contribution in [0.25, 0.3) is 0 Å². The third kappa shape index (κ3) is 24.2. The van der Waals surface area contributed by atoms with Crippen molar-refractivity contribution in [3.63, 3.8) is 0 Å².